The summed E-state index contributed by atoms with van der Waals surface area (Å²) in [5.74, 6) is -0.283. The molecule has 0 spiro atoms. The summed E-state index contributed by atoms with van der Waals surface area (Å²) in [6, 6.07) is 1.81. The molecule has 1 unspecified atom stereocenters. The van der Waals surface area contributed by atoms with Crippen molar-refractivity contribution >= 4 is 17.4 Å². The van der Waals surface area contributed by atoms with Gasteiger partial charge in [0, 0.05) is 44.4 Å². The van der Waals surface area contributed by atoms with E-state index in [1.807, 2.05) is 0 Å². The molecule has 2 heterocycles. The van der Waals surface area contributed by atoms with Crippen LogP contribution in [0.5, 0.6) is 0 Å². The van der Waals surface area contributed by atoms with Crippen LogP contribution in [0.15, 0.2) is 12.1 Å². The number of morpholine rings is 1. The number of urea groups is 1. The molecular weight excluding hydrogens is 318 g/mol. The minimum Gasteiger partial charge on any atom is -0.378 e. The van der Waals surface area contributed by atoms with Crippen LogP contribution in [0.3, 0.4) is 0 Å². The molecule has 3 atom stereocenters. The van der Waals surface area contributed by atoms with Crippen LogP contribution < -0.4 is 20.9 Å². The molecule has 130 valence electrons. The van der Waals surface area contributed by atoms with E-state index in [2.05, 4.69) is 16.0 Å². The van der Waals surface area contributed by atoms with Gasteiger partial charge in [-0.15, -0.1) is 0 Å². The molecule has 0 aromatic heterocycles. The summed E-state index contributed by atoms with van der Waals surface area (Å²) in [7, 11) is 0. The Labute approximate surface area is 138 Å². The van der Waals surface area contributed by atoms with E-state index in [1.54, 1.807) is 4.90 Å². The van der Waals surface area contributed by atoms with Gasteiger partial charge in [0.15, 0.2) is 0 Å². The summed E-state index contributed by atoms with van der Waals surface area (Å²) in [4.78, 5) is 13.7. The largest absolute Gasteiger partial charge is 0.378 e. The van der Waals surface area contributed by atoms with Gasteiger partial charge >= 0.3 is 6.03 Å². The van der Waals surface area contributed by atoms with Crippen LogP contribution in [-0.4, -0.2) is 51.5 Å². The molecule has 3 N–H and O–H groups in total. The Morgan fingerprint density at radius 1 is 1.17 bits per heavy atom. The third kappa shape index (κ3) is 2.91. The minimum atomic E-state index is -0.648. The topological polar surface area (TPSA) is 65.6 Å². The number of halogens is 2. The monoisotopic (exact) mass is 338 g/mol. The van der Waals surface area contributed by atoms with Crippen molar-refractivity contribution in [3.8, 4) is 0 Å². The lowest BCUT2D eigenvalue weighted by Gasteiger charge is -2.29. The van der Waals surface area contributed by atoms with E-state index < -0.39 is 17.7 Å². The van der Waals surface area contributed by atoms with Gasteiger partial charge in [-0.05, 0) is 11.8 Å². The average molecular weight is 338 g/mol. The molecule has 2 amide bonds. The number of fused-ring (bicyclic) bond motifs is 1. The molecule has 1 saturated carbocycles. The normalized spacial score (nSPS) is 28.4. The Bertz CT molecular complexity index is 641. The van der Waals surface area contributed by atoms with Crippen LogP contribution in [0, 0.1) is 23.5 Å². The second-order valence-corrected chi connectivity index (χ2v) is 6.49. The molecule has 3 fully saturated rings. The Morgan fingerprint density at radius 3 is 2.58 bits per heavy atom. The minimum absolute atomic E-state index is 0.131. The fraction of sp³-hybridized carbons (Fsp3) is 0.562. The van der Waals surface area contributed by atoms with Gasteiger partial charge in [-0.2, -0.15) is 0 Å². The quantitative estimate of drug-likeness (QED) is 0.773. The number of anilines is 2. The van der Waals surface area contributed by atoms with E-state index in [4.69, 9.17) is 4.74 Å². The van der Waals surface area contributed by atoms with E-state index in [1.165, 1.54) is 0 Å². The number of carbonyl (C=O) groups is 1. The molecule has 0 bridgehead atoms. The SMILES string of the molecule is O=C(Nc1cc(F)c(N2CCOCC2)cc1F)NC1[C@H]2CNC[C@@H]12. The lowest BCUT2D eigenvalue weighted by Crippen LogP contribution is -2.37. The molecule has 4 rings (SSSR count). The van der Waals surface area contributed by atoms with Gasteiger partial charge in [0.2, 0.25) is 0 Å². The Balaban J connectivity index is 1.41. The number of nitrogens with zero attached hydrogens (tertiary/aromatic N) is 1. The third-order valence-corrected chi connectivity index (χ3v) is 5.03. The number of nitrogens with one attached hydrogen (secondary N) is 3. The number of ether oxygens (including phenoxy) is 1. The molecule has 2 saturated heterocycles. The van der Waals surface area contributed by atoms with Crippen LogP contribution >= 0.6 is 0 Å². The fourth-order valence-corrected chi connectivity index (χ4v) is 3.62. The first kappa shape index (κ1) is 15.6. The van der Waals surface area contributed by atoms with Crippen molar-refractivity contribution in [2.45, 2.75) is 6.04 Å². The zero-order valence-corrected chi connectivity index (χ0v) is 13.1. The zero-order chi connectivity index (χ0) is 16.7. The highest BCUT2D eigenvalue weighted by molar-refractivity contribution is 5.90. The zero-order valence-electron chi connectivity index (χ0n) is 13.1. The van der Waals surface area contributed by atoms with Gasteiger partial charge in [-0.3, -0.25) is 0 Å². The van der Waals surface area contributed by atoms with Crippen LogP contribution in [0.1, 0.15) is 0 Å². The van der Waals surface area contributed by atoms with Gasteiger partial charge in [0.05, 0.1) is 24.6 Å². The first-order valence-corrected chi connectivity index (χ1v) is 8.23. The van der Waals surface area contributed by atoms with Gasteiger partial charge in [-0.25, -0.2) is 13.6 Å². The maximum Gasteiger partial charge on any atom is 0.319 e. The van der Waals surface area contributed by atoms with E-state index in [0.717, 1.165) is 25.2 Å². The summed E-state index contributed by atoms with van der Waals surface area (Å²) in [5, 5.41) is 8.47. The summed E-state index contributed by atoms with van der Waals surface area (Å²) in [5.41, 5.74) is 0.0514. The van der Waals surface area contributed by atoms with Crippen molar-refractivity contribution in [3.05, 3.63) is 23.8 Å². The van der Waals surface area contributed by atoms with Crippen molar-refractivity contribution in [1.29, 1.82) is 0 Å². The maximum absolute atomic E-state index is 14.3. The maximum atomic E-state index is 14.3. The van der Waals surface area contributed by atoms with E-state index in [0.29, 0.717) is 38.1 Å². The molecule has 3 aliphatic rings. The number of hydrogen-bond acceptors (Lipinski definition) is 4. The highest BCUT2D eigenvalue weighted by atomic mass is 19.1. The van der Waals surface area contributed by atoms with Crippen molar-refractivity contribution in [3.63, 3.8) is 0 Å². The predicted octanol–water partition coefficient (Wildman–Crippen LogP) is 1.14. The Hall–Kier alpha value is -1.93. The Kier molecular flexibility index (Phi) is 4.01. The second-order valence-electron chi connectivity index (χ2n) is 6.49. The highest BCUT2D eigenvalue weighted by Gasteiger charge is 2.53. The second kappa shape index (κ2) is 6.18. The van der Waals surface area contributed by atoms with Crippen LogP contribution in [0.4, 0.5) is 25.0 Å². The molecule has 1 aromatic rings. The molecule has 6 nitrogen and oxygen atoms in total. The predicted molar refractivity (Wildman–Crippen MR) is 85.2 cm³/mol. The Morgan fingerprint density at radius 2 is 1.88 bits per heavy atom. The van der Waals surface area contributed by atoms with Crippen LogP contribution in [-0.2, 0) is 4.74 Å². The summed E-state index contributed by atoms with van der Waals surface area (Å²) in [6.07, 6.45) is 0. The number of benzene rings is 1. The van der Waals surface area contributed by atoms with Crippen molar-refractivity contribution in [1.82, 2.24) is 10.6 Å². The first-order valence-electron chi connectivity index (χ1n) is 8.23. The molecule has 1 aliphatic carbocycles. The van der Waals surface area contributed by atoms with Crippen LogP contribution in [0.2, 0.25) is 0 Å². The summed E-state index contributed by atoms with van der Waals surface area (Å²) >= 11 is 0. The van der Waals surface area contributed by atoms with Crippen molar-refractivity contribution in [2.24, 2.45) is 11.8 Å². The van der Waals surface area contributed by atoms with Crippen molar-refractivity contribution in [2.75, 3.05) is 49.6 Å². The number of carbonyl (C=O) groups excluding carboxylic acids is 1. The molecule has 2 aliphatic heterocycles. The highest BCUT2D eigenvalue weighted by Crippen LogP contribution is 2.41. The molecule has 24 heavy (non-hydrogen) atoms. The number of rotatable bonds is 3. The third-order valence-electron chi connectivity index (χ3n) is 5.03. The first-order chi connectivity index (χ1) is 11.6. The average Bonchev–Trinajstić information content (AvgIpc) is 3.00. The van der Waals surface area contributed by atoms with E-state index in [9.17, 15) is 13.6 Å². The molecule has 8 heteroatoms. The molecular formula is C16H20F2N4O2. The number of piperidine rings is 1. The summed E-state index contributed by atoms with van der Waals surface area (Å²) in [6.45, 7) is 3.80. The van der Waals surface area contributed by atoms with E-state index >= 15 is 0 Å². The lowest BCUT2D eigenvalue weighted by atomic mass is 10.2. The number of amides is 2. The van der Waals surface area contributed by atoms with Crippen LogP contribution in [0.25, 0.3) is 0 Å². The standard InChI is InChI=1S/C16H20F2N4O2/c17-11-6-14(22-1-3-24-4-2-22)12(18)5-13(11)20-16(23)21-15-9-7-19-8-10(9)15/h5-6,9-10,15,19H,1-4,7-8H2,(H2,20,21,23)/t9-,10+,15?. The van der Waals surface area contributed by atoms with Gasteiger partial charge in [-0.1, -0.05) is 0 Å². The smallest absolute Gasteiger partial charge is 0.319 e. The number of hydrogen-bond donors (Lipinski definition) is 3. The van der Waals surface area contributed by atoms with Gasteiger partial charge in [0.25, 0.3) is 0 Å². The fourth-order valence-electron chi connectivity index (χ4n) is 3.62. The van der Waals surface area contributed by atoms with Gasteiger partial charge < -0.3 is 25.6 Å². The van der Waals surface area contributed by atoms with Crippen molar-refractivity contribution < 1.29 is 18.3 Å². The molecule has 0 radical (unpaired) electrons. The summed E-state index contributed by atoms with van der Waals surface area (Å²) < 4.78 is 33.8. The van der Waals surface area contributed by atoms with Gasteiger partial charge in [0.1, 0.15) is 11.6 Å². The molecule has 1 aromatic carbocycles. The lowest BCUT2D eigenvalue weighted by molar-refractivity contribution is 0.122. The van der Waals surface area contributed by atoms with E-state index in [-0.39, 0.29) is 17.4 Å².